The molecule has 6 N–H and O–H groups in total. The summed E-state index contributed by atoms with van der Waals surface area (Å²) in [7, 11) is 0. The summed E-state index contributed by atoms with van der Waals surface area (Å²) < 4.78 is 0. The molecule has 9 nitrogen and oxygen atoms in total. The SMILES string of the molecule is N[C@@H](CCC(=O)O)C(=O)N[C@H](CCC(=O)O)C(=O)NCC12CC3CC(CC(C3)C1)C2. The molecule has 30 heavy (non-hydrogen) atoms. The number of rotatable bonds is 11. The van der Waals surface area contributed by atoms with Crippen LogP contribution in [0, 0.1) is 23.2 Å². The Morgan fingerprint density at radius 1 is 0.867 bits per heavy atom. The Bertz CT molecular complexity index is 659. The summed E-state index contributed by atoms with van der Waals surface area (Å²) in [5.41, 5.74) is 5.85. The van der Waals surface area contributed by atoms with Crippen LogP contribution in [0.25, 0.3) is 0 Å². The smallest absolute Gasteiger partial charge is 0.303 e. The van der Waals surface area contributed by atoms with Crippen molar-refractivity contribution in [3.05, 3.63) is 0 Å². The molecule has 0 aromatic heterocycles. The summed E-state index contributed by atoms with van der Waals surface area (Å²) in [6.45, 7) is 0.555. The van der Waals surface area contributed by atoms with Crippen molar-refractivity contribution in [3.63, 3.8) is 0 Å². The number of carboxylic acids is 2. The largest absolute Gasteiger partial charge is 0.481 e. The molecule has 4 aliphatic carbocycles. The predicted octanol–water partition coefficient (Wildman–Crippen LogP) is 0.861. The van der Waals surface area contributed by atoms with Crippen molar-refractivity contribution < 1.29 is 29.4 Å². The third-order valence-corrected chi connectivity index (χ3v) is 7.09. The first kappa shape index (κ1) is 22.5. The van der Waals surface area contributed by atoms with E-state index < -0.39 is 35.8 Å². The fourth-order valence-corrected chi connectivity index (χ4v) is 6.13. The normalized spacial score (nSPS) is 31.0. The number of hydrogen-bond donors (Lipinski definition) is 5. The minimum atomic E-state index is -1.07. The van der Waals surface area contributed by atoms with Crippen LogP contribution in [0.1, 0.15) is 64.2 Å². The zero-order chi connectivity index (χ0) is 21.9. The second kappa shape index (κ2) is 9.32. The third-order valence-electron chi connectivity index (χ3n) is 7.09. The lowest BCUT2D eigenvalue weighted by molar-refractivity contribution is -0.139. The Morgan fingerprint density at radius 3 is 1.87 bits per heavy atom. The molecule has 0 aromatic carbocycles. The van der Waals surface area contributed by atoms with Gasteiger partial charge in [-0.05, 0) is 74.5 Å². The Balaban J connectivity index is 1.56. The second-order valence-corrected chi connectivity index (χ2v) is 9.67. The van der Waals surface area contributed by atoms with E-state index in [-0.39, 0.29) is 31.1 Å². The molecule has 0 radical (unpaired) electrons. The zero-order valence-corrected chi connectivity index (χ0v) is 17.3. The van der Waals surface area contributed by atoms with Gasteiger partial charge >= 0.3 is 11.9 Å². The lowest BCUT2D eigenvalue weighted by atomic mass is 9.49. The highest BCUT2D eigenvalue weighted by molar-refractivity contribution is 5.90. The molecule has 0 saturated heterocycles. The van der Waals surface area contributed by atoms with Crippen LogP contribution in [0.5, 0.6) is 0 Å². The standard InChI is InChI=1S/C21H33N3O6/c22-15(1-3-17(25)26)19(29)24-16(2-4-18(27)28)20(30)23-11-21-8-12-5-13(9-21)7-14(6-12)10-21/h12-16H,1-11,22H2,(H,23,30)(H,24,29)(H,25,26)(H,27,28)/t12?,13?,14?,15-,16+,21?/m0/s1. The van der Waals surface area contributed by atoms with Gasteiger partial charge in [-0.3, -0.25) is 19.2 Å². The maximum Gasteiger partial charge on any atom is 0.303 e. The third kappa shape index (κ3) is 5.71. The predicted molar refractivity (Wildman–Crippen MR) is 107 cm³/mol. The molecule has 0 heterocycles. The van der Waals surface area contributed by atoms with Crippen molar-refractivity contribution >= 4 is 23.8 Å². The van der Waals surface area contributed by atoms with Crippen molar-refractivity contribution in [2.45, 2.75) is 76.3 Å². The van der Waals surface area contributed by atoms with Crippen molar-refractivity contribution in [2.24, 2.45) is 28.9 Å². The van der Waals surface area contributed by atoms with Crippen LogP contribution in [0.3, 0.4) is 0 Å². The number of aliphatic carboxylic acids is 2. The van der Waals surface area contributed by atoms with Gasteiger partial charge in [0.25, 0.3) is 0 Å². The van der Waals surface area contributed by atoms with Gasteiger partial charge in [0.1, 0.15) is 6.04 Å². The molecular weight excluding hydrogens is 390 g/mol. The van der Waals surface area contributed by atoms with E-state index in [0.717, 1.165) is 37.0 Å². The molecule has 168 valence electrons. The average molecular weight is 424 g/mol. The molecule has 0 unspecified atom stereocenters. The fraction of sp³-hybridized carbons (Fsp3) is 0.810. The topological polar surface area (TPSA) is 159 Å². The van der Waals surface area contributed by atoms with Crippen LogP contribution in [0.4, 0.5) is 0 Å². The molecule has 0 aromatic rings. The quantitative estimate of drug-likeness (QED) is 0.329. The van der Waals surface area contributed by atoms with Crippen LogP contribution in [-0.4, -0.2) is 52.6 Å². The highest BCUT2D eigenvalue weighted by Crippen LogP contribution is 2.59. The highest BCUT2D eigenvalue weighted by atomic mass is 16.4. The first-order chi connectivity index (χ1) is 14.2. The number of nitrogens with one attached hydrogen (secondary N) is 2. The molecule has 9 heteroatoms. The van der Waals surface area contributed by atoms with Crippen LogP contribution in [0.15, 0.2) is 0 Å². The van der Waals surface area contributed by atoms with E-state index in [0.29, 0.717) is 6.54 Å². The maximum atomic E-state index is 12.8. The van der Waals surface area contributed by atoms with Gasteiger partial charge in [-0.15, -0.1) is 0 Å². The second-order valence-electron chi connectivity index (χ2n) is 9.67. The number of carbonyl (C=O) groups is 4. The van der Waals surface area contributed by atoms with Gasteiger partial charge in [0, 0.05) is 19.4 Å². The number of amides is 2. The van der Waals surface area contributed by atoms with Crippen LogP contribution < -0.4 is 16.4 Å². The summed E-state index contributed by atoms with van der Waals surface area (Å²) in [5.74, 6) is -0.900. The van der Waals surface area contributed by atoms with Crippen molar-refractivity contribution in [3.8, 4) is 0 Å². The van der Waals surface area contributed by atoms with E-state index >= 15 is 0 Å². The first-order valence-corrected chi connectivity index (χ1v) is 10.9. The van der Waals surface area contributed by atoms with E-state index in [1.807, 2.05) is 0 Å². The minimum Gasteiger partial charge on any atom is -0.481 e. The molecule has 0 aliphatic heterocycles. The van der Waals surface area contributed by atoms with Crippen molar-refractivity contribution in [1.82, 2.24) is 10.6 Å². The van der Waals surface area contributed by atoms with E-state index in [9.17, 15) is 19.2 Å². The molecule has 4 fully saturated rings. The van der Waals surface area contributed by atoms with E-state index in [1.54, 1.807) is 0 Å². The summed E-state index contributed by atoms with van der Waals surface area (Å²) in [5, 5.41) is 23.2. The van der Waals surface area contributed by atoms with Crippen LogP contribution in [0.2, 0.25) is 0 Å². The summed E-state index contributed by atoms with van der Waals surface area (Å²) in [6, 6.07) is -2.07. The van der Waals surface area contributed by atoms with Gasteiger partial charge in [-0.2, -0.15) is 0 Å². The molecule has 4 saturated carbocycles. The van der Waals surface area contributed by atoms with E-state index in [1.165, 1.54) is 19.3 Å². The Kier molecular flexibility index (Phi) is 7.00. The van der Waals surface area contributed by atoms with Gasteiger partial charge in [0.2, 0.25) is 11.8 Å². The number of hydrogen-bond acceptors (Lipinski definition) is 5. The lowest BCUT2D eigenvalue weighted by Gasteiger charge is -2.57. The number of nitrogens with two attached hydrogens (primary N) is 1. The lowest BCUT2D eigenvalue weighted by Crippen LogP contribution is -2.55. The van der Waals surface area contributed by atoms with Gasteiger partial charge in [-0.1, -0.05) is 0 Å². The number of carboxylic acid groups (broad SMARTS) is 2. The van der Waals surface area contributed by atoms with Gasteiger partial charge in [-0.25, -0.2) is 0 Å². The molecule has 4 bridgehead atoms. The summed E-state index contributed by atoms with van der Waals surface area (Å²) in [4.78, 5) is 46.7. The minimum absolute atomic E-state index is 0.0422. The van der Waals surface area contributed by atoms with Gasteiger partial charge in [0.05, 0.1) is 6.04 Å². The average Bonchev–Trinajstić information content (AvgIpc) is 2.66. The monoisotopic (exact) mass is 423 g/mol. The van der Waals surface area contributed by atoms with Crippen LogP contribution in [-0.2, 0) is 19.2 Å². The summed E-state index contributed by atoms with van der Waals surface area (Å²) in [6.07, 6.45) is 6.69. The molecule has 4 rings (SSSR count). The van der Waals surface area contributed by atoms with E-state index in [4.69, 9.17) is 15.9 Å². The molecular formula is C21H33N3O6. The molecule has 2 amide bonds. The molecule has 0 spiro atoms. The Morgan fingerprint density at radius 2 is 1.37 bits per heavy atom. The van der Waals surface area contributed by atoms with Crippen LogP contribution >= 0.6 is 0 Å². The molecule has 4 aliphatic rings. The highest BCUT2D eigenvalue weighted by Gasteiger charge is 2.50. The zero-order valence-electron chi connectivity index (χ0n) is 17.3. The van der Waals surface area contributed by atoms with E-state index in [2.05, 4.69) is 10.6 Å². The molecule has 2 atom stereocenters. The summed E-state index contributed by atoms with van der Waals surface area (Å²) >= 11 is 0. The fourth-order valence-electron chi connectivity index (χ4n) is 6.13. The Labute approximate surface area is 176 Å². The Hall–Kier alpha value is -2.16. The van der Waals surface area contributed by atoms with Crippen molar-refractivity contribution in [1.29, 1.82) is 0 Å². The van der Waals surface area contributed by atoms with Crippen molar-refractivity contribution in [2.75, 3.05) is 6.54 Å². The maximum absolute atomic E-state index is 12.8. The number of carbonyl (C=O) groups excluding carboxylic acids is 2. The van der Waals surface area contributed by atoms with Gasteiger partial charge in [0.15, 0.2) is 0 Å². The van der Waals surface area contributed by atoms with Gasteiger partial charge < -0.3 is 26.6 Å². The first-order valence-electron chi connectivity index (χ1n) is 10.9.